The predicted octanol–water partition coefficient (Wildman–Crippen LogP) is 2.16. The Labute approximate surface area is 199 Å². The Bertz CT molecular complexity index is 1110. The number of benzene rings is 2. The highest BCUT2D eigenvalue weighted by atomic mass is 32.2. The number of carbonyl (C=O) groups is 2. The van der Waals surface area contributed by atoms with Crippen molar-refractivity contribution in [2.24, 2.45) is 0 Å². The van der Waals surface area contributed by atoms with Gasteiger partial charge in [-0.25, -0.2) is 12.8 Å². The predicted molar refractivity (Wildman–Crippen MR) is 127 cm³/mol. The van der Waals surface area contributed by atoms with Gasteiger partial charge in [0.05, 0.1) is 26.2 Å². The number of halogens is 1. The van der Waals surface area contributed by atoms with Gasteiger partial charge in [-0.3, -0.25) is 13.9 Å². The van der Waals surface area contributed by atoms with Crippen LogP contribution in [-0.4, -0.2) is 65.2 Å². The van der Waals surface area contributed by atoms with Crippen molar-refractivity contribution in [1.82, 2.24) is 10.2 Å². The fourth-order valence-corrected chi connectivity index (χ4v) is 4.30. The SMILES string of the molecule is CC[C@H](C(=O)NC)N(Cc1ccc(F)cc1)C(=O)CN(c1cc(OC)ccc1OC)S(C)(=O)=O. The van der Waals surface area contributed by atoms with E-state index in [0.29, 0.717) is 11.3 Å². The first kappa shape index (κ1) is 26.9. The monoisotopic (exact) mass is 495 g/mol. The summed E-state index contributed by atoms with van der Waals surface area (Å²) >= 11 is 0. The molecule has 0 saturated heterocycles. The molecular formula is C23H30FN3O6S. The van der Waals surface area contributed by atoms with Gasteiger partial charge >= 0.3 is 0 Å². The molecule has 11 heteroatoms. The van der Waals surface area contributed by atoms with Crippen LogP contribution in [0.3, 0.4) is 0 Å². The van der Waals surface area contributed by atoms with Gasteiger partial charge in [-0.1, -0.05) is 19.1 Å². The number of ether oxygens (including phenoxy) is 2. The zero-order chi connectivity index (χ0) is 25.5. The second kappa shape index (κ2) is 11.7. The van der Waals surface area contributed by atoms with Gasteiger partial charge in [-0.05, 0) is 36.2 Å². The summed E-state index contributed by atoms with van der Waals surface area (Å²) in [6, 6.07) is 9.24. The van der Waals surface area contributed by atoms with E-state index in [9.17, 15) is 22.4 Å². The lowest BCUT2D eigenvalue weighted by Crippen LogP contribution is -2.51. The van der Waals surface area contributed by atoms with Crippen LogP contribution < -0.4 is 19.1 Å². The normalized spacial score (nSPS) is 11.9. The first-order chi connectivity index (χ1) is 16.0. The Morgan fingerprint density at radius 3 is 2.24 bits per heavy atom. The molecule has 9 nitrogen and oxygen atoms in total. The quantitative estimate of drug-likeness (QED) is 0.512. The van der Waals surface area contributed by atoms with Gasteiger partial charge in [-0.2, -0.15) is 0 Å². The van der Waals surface area contributed by atoms with Crippen LogP contribution in [0.1, 0.15) is 18.9 Å². The average Bonchev–Trinajstić information content (AvgIpc) is 2.82. The molecule has 0 radical (unpaired) electrons. The second-order valence-electron chi connectivity index (χ2n) is 7.49. The minimum Gasteiger partial charge on any atom is -0.497 e. The summed E-state index contributed by atoms with van der Waals surface area (Å²) in [4.78, 5) is 27.3. The van der Waals surface area contributed by atoms with E-state index in [1.165, 1.54) is 62.6 Å². The van der Waals surface area contributed by atoms with Crippen molar-refractivity contribution in [3.8, 4) is 11.5 Å². The zero-order valence-corrected chi connectivity index (χ0v) is 20.7. The van der Waals surface area contributed by atoms with Crippen molar-refractivity contribution < 1.29 is 31.9 Å². The number of rotatable bonds is 11. The molecule has 34 heavy (non-hydrogen) atoms. The summed E-state index contributed by atoms with van der Waals surface area (Å²) in [7, 11) is 0.327. The molecule has 2 aromatic rings. The Morgan fingerprint density at radius 2 is 1.74 bits per heavy atom. The number of sulfonamides is 1. The van der Waals surface area contributed by atoms with Gasteiger partial charge in [-0.15, -0.1) is 0 Å². The van der Waals surface area contributed by atoms with E-state index in [2.05, 4.69) is 5.32 Å². The molecule has 2 amide bonds. The van der Waals surface area contributed by atoms with E-state index in [4.69, 9.17) is 9.47 Å². The fraction of sp³-hybridized carbons (Fsp3) is 0.391. The maximum absolute atomic E-state index is 13.5. The average molecular weight is 496 g/mol. The molecule has 2 rings (SSSR count). The first-order valence-corrected chi connectivity index (χ1v) is 12.4. The summed E-state index contributed by atoms with van der Waals surface area (Å²) in [5.74, 6) is -0.856. The third-order valence-corrected chi connectivity index (χ3v) is 6.36. The smallest absolute Gasteiger partial charge is 0.244 e. The van der Waals surface area contributed by atoms with Gasteiger partial charge in [0.1, 0.15) is 29.9 Å². The number of hydrogen-bond donors (Lipinski definition) is 1. The highest BCUT2D eigenvalue weighted by Gasteiger charge is 2.32. The number of nitrogens with zero attached hydrogens (tertiary/aromatic N) is 2. The van der Waals surface area contributed by atoms with Crippen LogP contribution in [0.5, 0.6) is 11.5 Å². The topological polar surface area (TPSA) is 105 Å². The molecule has 1 atom stereocenters. The summed E-state index contributed by atoms with van der Waals surface area (Å²) in [6.07, 6.45) is 1.26. The van der Waals surface area contributed by atoms with Crippen molar-refractivity contribution in [2.45, 2.75) is 25.9 Å². The van der Waals surface area contributed by atoms with Crippen molar-refractivity contribution in [3.63, 3.8) is 0 Å². The summed E-state index contributed by atoms with van der Waals surface area (Å²) in [6.45, 7) is 1.14. The van der Waals surface area contributed by atoms with Crippen molar-refractivity contribution in [1.29, 1.82) is 0 Å². The van der Waals surface area contributed by atoms with E-state index in [0.717, 1.165) is 10.6 Å². The molecule has 0 aliphatic rings. The van der Waals surface area contributed by atoms with E-state index >= 15 is 0 Å². The second-order valence-corrected chi connectivity index (χ2v) is 9.40. The largest absolute Gasteiger partial charge is 0.497 e. The Morgan fingerprint density at radius 1 is 1.09 bits per heavy atom. The molecule has 0 aliphatic heterocycles. The molecule has 0 aromatic heterocycles. The Balaban J connectivity index is 2.51. The maximum atomic E-state index is 13.5. The van der Waals surface area contributed by atoms with Crippen LogP contribution in [-0.2, 0) is 26.2 Å². The lowest BCUT2D eigenvalue weighted by Gasteiger charge is -2.33. The minimum absolute atomic E-state index is 0.0160. The van der Waals surface area contributed by atoms with Gasteiger partial charge in [0.15, 0.2) is 0 Å². The van der Waals surface area contributed by atoms with Crippen LogP contribution in [0.25, 0.3) is 0 Å². The molecule has 2 aromatic carbocycles. The third kappa shape index (κ3) is 6.60. The lowest BCUT2D eigenvalue weighted by atomic mass is 10.1. The highest BCUT2D eigenvalue weighted by Crippen LogP contribution is 2.34. The molecule has 0 fully saturated rings. The highest BCUT2D eigenvalue weighted by molar-refractivity contribution is 7.92. The standard InChI is InChI=1S/C23H30FN3O6S/c1-6-19(23(29)25-2)26(14-16-7-9-17(24)10-8-16)22(28)15-27(34(5,30)31)20-13-18(32-3)11-12-21(20)33-4/h7-13,19H,6,14-15H2,1-5H3,(H,25,29)/t19-/m1/s1. The van der Waals surface area contributed by atoms with E-state index in [1.807, 2.05) is 0 Å². The molecule has 0 spiro atoms. The third-order valence-electron chi connectivity index (χ3n) is 5.23. The van der Waals surface area contributed by atoms with Crippen molar-refractivity contribution in [3.05, 3.63) is 53.8 Å². The maximum Gasteiger partial charge on any atom is 0.244 e. The lowest BCUT2D eigenvalue weighted by molar-refractivity contribution is -0.140. The molecule has 0 saturated carbocycles. The molecule has 0 aliphatic carbocycles. The first-order valence-electron chi connectivity index (χ1n) is 10.5. The summed E-state index contributed by atoms with van der Waals surface area (Å²) < 4.78 is 50.2. The number of anilines is 1. The molecular weight excluding hydrogens is 465 g/mol. The summed E-state index contributed by atoms with van der Waals surface area (Å²) in [5, 5.41) is 2.53. The van der Waals surface area contributed by atoms with Crippen LogP contribution in [0, 0.1) is 5.82 Å². The number of likely N-dealkylation sites (N-methyl/N-ethyl adjacent to an activating group) is 1. The van der Waals surface area contributed by atoms with Gasteiger partial charge < -0.3 is 19.7 Å². The van der Waals surface area contributed by atoms with E-state index in [-0.39, 0.29) is 24.4 Å². The van der Waals surface area contributed by atoms with E-state index < -0.39 is 40.2 Å². The van der Waals surface area contributed by atoms with Crippen LogP contribution in [0.15, 0.2) is 42.5 Å². The van der Waals surface area contributed by atoms with Crippen molar-refractivity contribution in [2.75, 3.05) is 38.4 Å². The molecule has 0 unspecified atom stereocenters. The molecule has 186 valence electrons. The summed E-state index contributed by atoms with van der Waals surface area (Å²) in [5.41, 5.74) is 0.703. The Kier molecular flexibility index (Phi) is 9.25. The number of nitrogens with one attached hydrogen (secondary N) is 1. The van der Waals surface area contributed by atoms with E-state index in [1.54, 1.807) is 13.0 Å². The van der Waals surface area contributed by atoms with Crippen LogP contribution in [0.2, 0.25) is 0 Å². The number of methoxy groups -OCH3 is 2. The molecule has 0 bridgehead atoms. The zero-order valence-electron chi connectivity index (χ0n) is 19.9. The number of hydrogen-bond acceptors (Lipinski definition) is 6. The molecule has 1 N–H and O–H groups in total. The van der Waals surface area contributed by atoms with Gasteiger partial charge in [0.25, 0.3) is 0 Å². The van der Waals surface area contributed by atoms with Crippen molar-refractivity contribution >= 4 is 27.5 Å². The van der Waals surface area contributed by atoms with Gasteiger partial charge in [0, 0.05) is 19.7 Å². The number of amides is 2. The minimum atomic E-state index is -3.94. The van der Waals surface area contributed by atoms with Crippen LogP contribution in [0.4, 0.5) is 10.1 Å². The van der Waals surface area contributed by atoms with Crippen LogP contribution >= 0.6 is 0 Å². The Hall–Kier alpha value is -3.34. The van der Waals surface area contributed by atoms with Gasteiger partial charge in [0.2, 0.25) is 21.8 Å². The number of carbonyl (C=O) groups excluding carboxylic acids is 2. The fourth-order valence-electron chi connectivity index (χ4n) is 3.46. The molecule has 0 heterocycles.